The molecule has 0 aliphatic rings. The molecule has 0 saturated heterocycles. The van der Waals surface area contributed by atoms with Gasteiger partial charge in [-0.2, -0.15) is 0 Å². The summed E-state index contributed by atoms with van der Waals surface area (Å²) < 4.78 is 0. The summed E-state index contributed by atoms with van der Waals surface area (Å²) in [5.41, 5.74) is 0.750. The van der Waals surface area contributed by atoms with Gasteiger partial charge in [0.25, 0.3) is 0 Å². The minimum atomic E-state index is -0.759. The van der Waals surface area contributed by atoms with E-state index >= 15 is 0 Å². The van der Waals surface area contributed by atoms with E-state index in [0.717, 1.165) is 5.50 Å². The lowest BCUT2D eigenvalue weighted by Gasteiger charge is -1.80. The molecule has 5 heavy (non-hydrogen) atoms. The zero-order chi connectivity index (χ0) is 4.28. The molecule has 0 amide bonds. The zero-order valence-corrected chi connectivity index (χ0v) is 7.50. The highest BCUT2D eigenvalue weighted by Crippen LogP contribution is 2.02. The van der Waals surface area contributed by atoms with E-state index < -0.39 is 6.04 Å². The van der Waals surface area contributed by atoms with Crippen molar-refractivity contribution in [3.05, 3.63) is 0 Å². The third-order valence-electron chi connectivity index (χ3n) is 0.117. The van der Waals surface area contributed by atoms with Crippen LogP contribution in [0.4, 0.5) is 0 Å². The summed E-state index contributed by atoms with van der Waals surface area (Å²) in [5, 5.41) is 0. The molecular weight excluding hydrogens is 235 g/mol. The molecular formula is CH3Br2ClSi. The van der Waals surface area contributed by atoms with Crippen LogP contribution in [0.1, 0.15) is 0 Å². The molecule has 0 fully saturated rings. The molecule has 0 nitrogen and oxygen atoms in total. The van der Waals surface area contributed by atoms with Gasteiger partial charge in [-0.05, 0) is 0 Å². The number of halogens is 3. The van der Waals surface area contributed by atoms with Crippen molar-refractivity contribution in [2.45, 2.75) is 0 Å². The zero-order valence-electron chi connectivity index (χ0n) is 2.42. The summed E-state index contributed by atoms with van der Waals surface area (Å²) in [6.07, 6.45) is 0. The summed E-state index contributed by atoms with van der Waals surface area (Å²) in [6, 6.07) is -0.759. The molecule has 0 N–H and O–H groups in total. The molecule has 0 spiro atoms. The Morgan fingerprint density at radius 1 is 1.60 bits per heavy atom. The van der Waals surface area contributed by atoms with Crippen LogP contribution < -0.4 is 0 Å². The maximum Gasteiger partial charge on any atom is 0.200 e. The lowest BCUT2D eigenvalue weighted by Crippen LogP contribution is -1.89. The molecule has 0 rings (SSSR count). The largest absolute Gasteiger partial charge is 0.200 e. The van der Waals surface area contributed by atoms with Crippen molar-refractivity contribution in [1.29, 1.82) is 0 Å². The van der Waals surface area contributed by atoms with Crippen molar-refractivity contribution in [3.63, 3.8) is 0 Å². The molecule has 0 aliphatic carbocycles. The van der Waals surface area contributed by atoms with Crippen LogP contribution in [-0.2, 0) is 0 Å². The van der Waals surface area contributed by atoms with Crippen LogP contribution in [0.2, 0.25) is 0 Å². The van der Waals surface area contributed by atoms with E-state index in [-0.39, 0.29) is 0 Å². The number of rotatable bonds is 1. The molecule has 4 heteroatoms. The standard InChI is InChI=1S/CH3Br2ClSi/c2-5(3)1-4/h5H,1H2. The van der Waals surface area contributed by atoms with E-state index in [1.165, 1.54) is 0 Å². The van der Waals surface area contributed by atoms with Crippen LogP contribution in [0.25, 0.3) is 0 Å². The molecule has 0 aliphatic heterocycles. The molecule has 0 aromatic carbocycles. The monoisotopic (exact) mass is 236 g/mol. The van der Waals surface area contributed by atoms with E-state index in [9.17, 15) is 0 Å². The van der Waals surface area contributed by atoms with Gasteiger partial charge in [-0.1, -0.05) is 0 Å². The molecule has 0 atom stereocenters. The van der Waals surface area contributed by atoms with Crippen molar-refractivity contribution in [2.24, 2.45) is 0 Å². The van der Waals surface area contributed by atoms with E-state index in [4.69, 9.17) is 11.6 Å². The normalized spacial score (nSPS) is 9.60. The van der Waals surface area contributed by atoms with E-state index in [0.29, 0.717) is 0 Å². The highest BCUT2D eigenvalue weighted by atomic mass is 79.9. The van der Waals surface area contributed by atoms with Gasteiger partial charge in [-0.25, -0.2) is 0 Å². The third-order valence-corrected chi connectivity index (χ3v) is 5.45. The highest BCUT2D eigenvalue weighted by Gasteiger charge is 1.91. The average molecular weight is 238 g/mol. The van der Waals surface area contributed by atoms with Crippen molar-refractivity contribution in [2.75, 3.05) is 5.50 Å². The fourth-order valence-electron chi connectivity index (χ4n) is 0. The second kappa shape index (κ2) is 3.65. The second-order valence-corrected chi connectivity index (χ2v) is 12.9. The van der Waals surface area contributed by atoms with E-state index in [1.54, 1.807) is 0 Å². The van der Waals surface area contributed by atoms with Crippen molar-refractivity contribution < 1.29 is 0 Å². The Bertz CT molecular complexity index is 23.6. The minimum Gasteiger partial charge on any atom is -0.129 e. The van der Waals surface area contributed by atoms with Crippen LogP contribution in [-0.4, -0.2) is 11.5 Å². The van der Waals surface area contributed by atoms with Gasteiger partial charge in [0.2, 0.25) is 6.04 Å². The van der Waals surface area contributed by atoms with Crippen molar-refractivity contribution >= 4 is 48.2 Å². The molecule has 0 heterocycles. The van der Waals surface area contributed by atoms with Gasteiger partial charge in [0.05, 0.1) is 0 Å². The van der Waals surface area contributed by atoms with E-state index in [2.05, 4.69) is 30.6 Å². The van der Waals surface area contributed by atoms with Crippen LogP contribution in [0.15, 0.2) is 0 Å². The lowest BCUT2D eigenvalue weighted by atomic mass is 11.9. The predicted molar refractivity (Wildman–Crippen MR) is 35.7 cm³/mol. The fraction of sp³-hybridized carbons (Fsp3) is 1.00. The topological polar surface area (TPSA) is 0 Å². The highest BCUT2D eigenvalue weighted by molar-refractivity contribution is 9.49. The minimum absolute atomic E-state index is 0.750. The Balaban J connectivity index is 2.54. The molecule has 32 valence electrons. The van der Waals surface area contributed by atoms with Crippen molar-refractivity contribution in [3.8, 4) is 0 Å². The molecule has 0 radical (unpaired) electrons. The van der Waals surface area contributed by atoms with Gasteiger partial charge in [0.15, 0.2) is 0 Å². The Morgan fingerprint density at radius 2 is 1.80 bits per heavy atom. The van der Waals surface area contributed by atoms with Crippen LogP contribution in [0.3, 0.4) is 0 Å². The van der Waals surface area contributed by atoms with Crippen LogP contribution >= 0.6 is 42.2 Å². The average Bonchev–Trinajstić information content (AvgIpc) is 1.38. The quantitative estimate of drug-likeness (QED) is 0.371. The Kier molecular flexibility index (Phi) is 4.72. The third kappa shape index (κ3) is 5.47. The first-order valence-corrected chi connectivity index (χ1v) is 8.83. The van der Waals surface area contributed by atoms with Gasteiger partial charge in [0.1, 0.15) is 0 Å². The van der Waals surface area contributed by atoms with E-state index in [1.807, 2.05) is 0 Å². The maximum absolute atomic E-state index is 5.30. The fourth-order valence-corrected chi connectivity index (χ4v) is 0. The Morgan fingerprint density at radius 3 is 1.80 bits per heavy atom. The summed E-state index contributed by atoms with van der Waals surface area (Å²) in [4.78, 5) is 0. The summed E-state index contributed by atoms with van der Waals surface area (Å²) >= 11 is 11.9. The van der Waals surface area contributed by atoms with Gasteiger partial charge >= 0.3 is 0 Å². The van der Waals surface area contributed by atoms with Gasteiger partial charge in [-0.15, -0.1) is 42.2 Å². The summed E-state index contributed by atoms with van der Waals surface area (Å²) in [7, 11) is 0. The SMILES string of the molecule is ClC[SiH](Br)Br. The van der Waals surface area contributed by atoms with Crippen molar-refractivity contribution in [1.82, 2.24) is 0 Å². The Labute approximate surface area is 53.7 Å². The van der Waals surface area contributed by atoms with Gasteiger partial charge in [-0.3, -0.25) is 0 Å². The first-order chi connectivity index (χ1) is 2.27. The molecule has 0 aromatic heterocycles. The number of hydrogen-bond acceptors (Lipinski definition) is 0. The first-order valence-electron chi connectivity index (χ1n) is 1.11. The smallest absolute Gasteiger partial charge is 0.129 e. The van der Waals surface area contributed by atoms with Gasteiger partial charge in [0, 0.05) is 5.50 Å². The van der Waals surface area contributed by atoms with Gasteiger partial charge < -0.3 is 0 Å². The van der Waals surface area contributed by atoms with Crippen LogP contribution in [0, 0.1) is 0 Å². The summed E-state index contributed by atoms with van der Waals surface area (Å²) in [5.74, 6) is 0. The van der Waals surface area contributed by atoms with Crippen LogP contribution in [0.5, 0.6) is 0 Å². The number of hydrogen-bond donors (Lipinski definition) is 0. The first kappa shape index (κ1) is 6.47. The predicted octanol–water partition coefficient (Wildman–Crippen LogP) is 1.77. The molecule has 0 saturated carbocycles. The number of alkyl halides is 1. The second-order valence-electron chi connectivity index (χ2n) is 0.545. The lowest BCUT2D eigenvalue weighted by molar-refractivity contribution is 2.18. The maximum atomic E-state index is 5.30. The summed E-state index contributed by atoms with van der Waals surface area (Å²) in [6.45, 7) is 0. The molecule has 0 bridgehead atoms. The molecule has 0 aromatic rings. The molecule has 0 unspecified atom stereocenters. The Hall–Kier alpha value is 1.47.